The van der Waals surface area contributed by atoms with Crippen LogP contribution >= 0.6 is 0 Å². The molecular formula is C24H30N2O5S. The number of fused-ring (bicyclic) bond motifs is 1. The maximum atomic E-state index is 13.7. The minimum Gasteiger partial charge on any atom is -0.493 e. The molecule has 0 spiro atoms. The summed E-state index contributed by atoms with van der Waals surface area (Å²) in [6.07, 6.45) is 3.04. The van der Waals surface area contributed by atoms with E-state index in [-0.39, 0.29) is 17.9 Å². The summed E-state index contributed by atoms with van der Waals surface area (Å²) in [6.45, 7) is 1.38. The molecule has 8 heteroatoms. The number of carbonyl (C=O) groups is 1. The van der Waals surface area contributed by atoms with Gasteiger partial charge in [0, 0.05) is 25.6 Å². The van der Waals surface area contributed by atoms with Crippen LogP contribution in [0.1, 0.15) is 35.6 Å². The van der Waals surface area contributed by atoms with Crippen molar-refractivity contribution in [2.75, 3.05) is 40.1 Å². The molecule has 4 rings (SSSR count). The number of rotatable bonds is 5. The van der Waals surface area contributed by atoms with Gasteiger partial charge in [0.1, 0.15) is 0 Å². The summed E-state index contributed by atoms with van der Waals surface area (Å²) in [7, 11) is 0.0143. The zero-order chi connectivity index (χ0) is 22.9. The van der Waals surface area contributed by atoms with Crippen molar-refractivity contribution in [3.05, 3.63) is 59.2 Å². The molecular weight excluding hydrogens is 428 g/mol. The molecule has 7 nitrogen and oxygen atoms in total. The first-order valence-electron chi connectivity index (χ1n) is 10.9. The lowest BCUT2D eigenvalue weighted by Crippen LogP contribution is -2.47. The molecule has 32 heavy (non-hydrogen) atoms. The Hall–Kier alpha value is -2.58. The topological polar surface area (TPSA) is 76.2 Å². The molecule has 2 aromatic carbocycles. The van der Waals surface area contributed by atoms with Crippen molar-refractivity contribution in [1.29, 1.82) is 0 Å². The normalized spacial score (nSPS) is 20.0. The lowest BCUT2D eigenvalue weighted by Gasteiger charge is -2.41. The number of piperidine rings is 1. The van der Waals surface area contributed by atoms with Crippen LogP contribution in [0.4, 0.5) is 0 Å². The van der Waals surface area contributed by atoms with Crippen molar-refractivity contribution in [2.24, 2.45) is 5.92 Å². The van der Waals surface area contributed by atoms with E-state index in [1.165, 1.54) is 10.6 Å². The van der Waals surface area contributed by atoms with Gasteiger partial charge in [-0.15, -0.1) is 0 Å². The van der Waals surface area contributed by atoms with E-state index in [2.05, 4.69) is 0 Å². The average Bonchev–Trinajstić information content (AvgIpc) is 2.82. The molecule has 0 saturated carbocycles. The van der Waals surface area contributed by atoms with Crippen LogP contribution in [0.25, 0.3) is 0 Å². The van der Waals surface area contributed by atoms with Crippen molar-refractivity contribution in [3.8, 4) is 11.5 Å². The number of carbonyl (C=O) groups excluding carboxylic acids is 1. The smallest absolute Gasteiger partial charge is 0.226 e. The number of methoxy groups -OCH3 is 2. The van der Waals surface area contributed by atoms with Crippen LogP contribution in [0.5, 0.6) is 11.5 Å². The van der Waals surface area contributed by atoms with E-state index in [9.17, 15) is 13.2 Å². The van der Waals surface area contributed by atoms with Gasteiger partial charge in [0.05, 0.1) is 26.5 Å². The second-order valence-corrected chi connectivity index (χ2v) is 10.4. The summed E-state index contributed by atoms with van der Waals surface area (Å²) in [4.78, 5) is 15.6. The van der Waals surface area contributed by atoms with Crippen LogP contribution in [0.15, 0.2) is 42.5 Å². The Morgan fingerprint density at radius 2 is 1.59 bits per heavy atom. The molecule has 0 radical (unpaired) electrons. The predicted molar refractivity (Wildman–Crippen MR) is 122 cm³/mol. The maximum Gasteiger partial charge on any atom is 0.226 e. The Kier molecular flexibility index (Phi) is 6.44. The number of amides is 1. The third-order valence-corrected chi connectivity index (χ3v) is 7.85. The van der Waals surface area contributed by atoms with Gasteiger partial charge in [0.25, 0.3) is 0 Å². The first-order valence-corrected chi connectivity index (χ1v) is 12.7. The monoisotopic (exact) mass is 458 g/mol. The van der Waals surface area contributed by atoms with Crippen molar-refractivity contribution in [1.82, 2.24) is 9.21 Å². The van der Waals surface area contributed by atoms with Crippen LogP contribution in [-0.2, 0) is 21.2 Å². The fourth-order valence-electron chi connectivity index (χ4n) is 4.85. The second-order valence-electron chi connectivity index (χ2n) is 8.44. The molecule has 172 valence electrons. The highest BCUT2D eigenvalue weighted by atomic mass is 32.2. The van der Waals surface area contributed by atoms with Crippen LogP contribution in [0.3, 0.4) is 0 Å². The predicted octanol–water partition coefficient (Wildman–Crippen LogP) is 2.85. The number of hydrogen-bond acceptors (Lipinski definition) is 5. The molecule has 1 fully saturated rings. The molecule has 1 amide bonds. The largest absolute Gasteiger partial charge is 0.493 e. The fraction of sp³-hybridized carbons (Fsp3) is 0.458. The molecule has 0 N–H and O–H groups in total. The number of benzene rings is 2. The fourth-order valence-corrected chi connectivity index (χ4v) is 5.72. The van der Waals surface area contributed by atoms with E-state index >= 15 is 0 Å². The van der Waals surface area contributed by atoms with Gasteiger partial charge in [-0.25, -0.2) is 12.7 Å². The van der Waals surface area contributed by atoms with Crippen molar-refractivity contribution in [3.63, 3.8) is 0 Å². The van der Waals surface area contributed by atoms with E-state index in [4.69, 9.17) is 9.47 Å². The van der Waals surface area contributed by atoms with Gasteiger partial charge in [-0.2, -0.15) is 0 Å². The Bertz CT molecular complexity index is 1080. The third-order valence-electron chi connectivity index (χ3n) is 6.54. The third kappa shape index (κ3) is 4.34. The Labute approximate surface area is 190 Å². The SMILES string of the molecule is COc1cc2c(cc1OC)C(c1ccccc1)N(C(=O)C1CCN(S(C)(=O)=O)CC1)CC2. The van der Waals surface area contributed by atoms with E-state index in [1.807, 2.05) is 47.4 Å². The van der Waals surface area contributed by atoms with E-state index < -0.39 is 10.0 Å². The summed E-state index contributed by atoms with van der Waals surface area (Å²) in [6, 6.07) is 13.8. The van der Waals surface area contributed by atoms with Crippen molar-refractivity contribution < 1.29 is 22.7 Å². The van der Waals surface area contributed by atoms with Gasteiger partial charge in [0.15, 0.2) is 11.5 Å². The van der Waals surface area contributed by atoms with Crippen LogP contribution < -0.4 is 9.47 Å². The molecule has 1 unspecified atom stereocenters. The highest BCUT2D eigenvalue weighted by Crippen LogP contribution is 2.42. The molecule has 2 aliphatic rings. The van der Waals surface area contributed by atoms with E-state index in [0.29, 0.717) is 44.0 Å². The lowest BCUT2D eigenvalue weighted by molar-refractivity contribution is -0.139. The summed E-state index contributed by atoms with van der Waals surface area (Å²) >= 11 is 0. The van der Waals surface area contributed by atoms with Crippen LogP contribution in [0, 0.1) is 5.92 Å². The van der Waals surface area contributed by atoms with Crippen molar-refractivity contribution in [2.45, 2.75) is 25.3 Å². The molecule has 2 heterocycles. The van der Waals surface area contributed by atoms with E-state index in [1.54, 1.807) is 14.2 Å². The first-order chi connectivity index (χ1) is 15.3. The molecule has 0 aliphatic carbocycles. The van der Waals surface area contributed by atoms with Gasteiger partial charge < -0.3 is 14.4 Å². The number of ether oxygens (including phenoxy) is 2. The Balaban J connectivity index is 1.68. The minimum atomic E-state index is -3.23. The summed E-state index contributed by atoms with van der Waals surface area (Å²) in [5.41, 5.74) is 3.23. The number of sulfonamides is 1. The Morgan fingerprint density at radius 3 is 2.19 bits per heavy atom. The van der Waals surface area contributed by atoms with Crippen LogP contribution in [-0.4, -0.2) is 63.6 Å². The molecule has 1 saturated heterocycles. The second kappa shape index (κ2) is 9.11. The quantitative estimate of drug-likeness (QED) is 0.689. The summed E-state index contributed by atoms with van der Waals surface area (Å²) in [5, 5.41) is 0. The molecule has 0 aromatic heterocycles. The molecule has 1 atom stereocenters. The van der Waals surface area contributed by atoms with Gasteiger partial charge in [0.2, 0.25) is 15.9 Å². The van der Waals surface area contributed by atoms with E-state index in [0.717, 1.165) is 23.1 Å². The standard InChI is InChI=1S/C24H30N2O5S/c1-30-21-15-19-11-14-26(24(27)18-9-12-25(13-10-18)32(3,28)29)23(17-7-5-4-6-8-17)20(19)16-22(21)31-2/h4-8,15-16,18,23H,9-14H2,1-3H3. The van der Waals surface area contributed by atoms with Crippen molar-refractivity contribution >= 4 is 15.9 Å². The van der Waals surface area contributed by atoms with Gasteiger partial charge in [-0.05, 0) is 48.1 Å². The van der Waals surface area contributed by atoms with Gasteiger partial charge in [-0.3, -0.25) is 4.79 Å². The highest BCUT2D eigenvalue weighted by molar-refractivity contribution is 7.88. The van der Waals surface area contributed by atoms with Gasteiger partial charge >= 0.3 is 0 Å². The zero-order valence-corrected chi connectivity index (χ0v) is 19.6. The highest BCUT2D eigenvalue weighted by Gasteiger charge is 2.38. The zero-order valence-electron chi connectivity index (χ0n) is 18.8. The van der Waals surface area contributed by atoms with Crippen LogP contribution in [0.2, 0.25) is 0 Å². The maximum absolute atomic E-state index is 13.7. The molecule has 2 aromatic rings. The minimum absolute atomic E-state index is 0.0902. The Morgan fingerprint density at radius 1 is 0.969 bits per heavy atom. The molecule has 2 aliphatic heterocycles. The lowest BCUT2D eigenvalue weighted by atomic mass is 9.85. The first kappa shape index (κ1) is 22.6. The molecule has 0 bridgehead atoms. The number of nitrogens with zero attached hydrogens (tertiary/aromatic N) is 2. The number of hydrogen-bond donors (Lipinski definition) is 0. The van der Waals surface area contributed by atoms with Gasteiger partial charge in [-0.1, -0.05) is 30.3 Å². The summed E-state index contributed by atoms with van der Waals surface area (Å²) < 4.78 is 36.2. The summed E-state index contributed by atoms with van der Waals surface area (Å²) in [5.74, 6) is 1.24. The average molecular weight is 459 g/mol.